The Morgan fingerprint density at radius 3 is 1.79 bits per heavy atom. The lowest BCUT2D eigenvalue weighted by atomic mass is 9.84. The van der Waals surface area contributed by atoms with Gasteiger partial charge in [0.05, 0.1) is 33.4 Å². The minimum absolute atomic E-state index is 0.0374. The van der Waals surface area contributed by atoms with Crippen LogP contribution in [0, 0.1) is 22.0 Å². The highest BCUT2D eigenvalue weighted by Crippen LogP contribution is 2.77. The average molecular weight is 659 g/mol. The second kappa shape index (κ2) is 9.13. The number of amides is 3. The number of rotatable bonds is 5. The number of nitro benzene ring substituents is 1. The lowest BCUT2D eigenvalue weighted by Gasteiger charge is -2.37. The fourth-order valence-corrected chi connectivity index (χ4v) is 8.14. The number of non-ortho nitro benzene ring substituents is 1. The molecule has 5 rings (SSSR count). The van der Waals surface area contributed by atoms with E-state index in [2.05, 4.69) is 0 Å². The molecule has 1 saturated heterocycles. The van der Waals surface area contributed by atoms with Gasteiger partial charge in [0.15, 0.2) is 4.33 Å². The van der Waals surface area contributed by atoms with Crippen LogP contribution in [0.2, 0.25) is 5.02 Å². The Morgan fingerprint density at radius 1 is 0.868 bits per heavy atom. The third kappa shape index (κ3) is 3.48. The van der Waals surface area contributed by atoms with Crippen molar-refractivity contribution in [2.75, 3.05) is 0 Å². The molecule has 0 aromatic heterocycles. The van der Waals surface area contributed by atoms with Gasteiger partial charge in [-0.05, 0) is 29.8 Å². The fraction of sp³-hybridized carbons (Fsp3) is 0.261. The van der Waals surface area contributed by atoms with E-state index in [1.54, 1.807) is 24.3 Å². The molecule has 4 atom stereocenters. The number of carbonyl (C=O) groups excluding carboxylic acids is 3. The quantitative estimate of drug-likeness (QED) is 0.164. The van der Waals surface area contributed by atoms with Crippen molar-refractivity contribution in [1.29, 1.82) is 0 Å². The summed E-state index contributed by atoms with van der Waals surface area (Å²) in [7, 11) is 0. The zero-order chi connectivity index (χ0) is 27.9. The van der Waals surface area contributed by atoms with Crippen LogP contribution < -0.4 is 0 Å². The zero-order valence-electron chi connectivity index (χ0n) is 18.5. The van der Waals surface area contributed by atoms with E-state index in [0.717, 1.165) is 17.1 Å². The van der Waals surface area contributed by atoms with E-state index in [1.165, 1.54) is 12.1 Å². The molecule has 2 aliphatic carbocycles. The third-order valence-corrected chi connectivity index (χ3v) is 11.4. The number of hydrogen-bond donors (Lipinski definition) is 0. The van der Waals surface area contributed by atoms with Crippen molar-refractivity contribution in [1.82, 2.24) is 10.0 Å². The van der Waals surface area contributed by atoms with E-state index in [4.69, 9.17) is 81.2 Å². The summed E-state index contributed by atoms with van der Waals surface area (Å²) in [5.41, 5.74) is 0.212. The van der Waals surface area contributed by atoms with Crippen molar-refractivity contribution in [3.63, 3.8) is 0 Å². The molecular formula is C23H12Cl7N3O5. The van der Waals surface area contributed by atoms with Gasteiger partial charge in [-0.25, -0.2) is 5.01 Å². The number of benzene rings is 2. The molecule has 3 aliphatic rings. The van der Waals surface area contributed by atoms with Crippen molar-refractivity contribution < 1.29 is 19.3 Å². The molecule has 0 spiro atoms. The SMILES string of the molecule is O=C(c1ccc([N+](=O)[O-])cc1)N(Cc1ccc(Cl)cc1)N1C(=O)[C@H]2[C@H](C1=O)[C@@]1(Cl)C(Cl)=C(Cl)[C@@]2(Cl)C1(Cl)Cl. The van der Waals surface area contributed by atoms with Crippen molar-refractivity contribution in [3.8, 4) is 0 Å². The summed E-state index contributed by atoms with van der Waals surface area (Å²) in [6.45, 7) is -0.268. The number of allylic oxidation sites excluding steroid dienone is 2. The van der Waals surface area contributed by atoms with Crippen molar-refractivity contribution in [3.05, 3.63) is 84.9 Å². The van der Waals surface area contributed by atoms with Gasteiger partial charge in [0, 0.05) is 22.7 Å². The summed E-state index contributed by atoms with van der Waals surface area (Å²) in [6, 6.07) is 11.0. The summed E-state index contributed by atoms with van der Waals surface area (Å²) in [5.74, 6) is -5.55. The maximum Gasteiger partial charge on any atom is 0.273 e. The Hall–Kier alpha value is -1.78. The van der Waals surface area contributed by atoms with Crippen LogP contribution in [0.15, 0.2) is 58.6 Å². The molecule has 38 heavy (non-hydrogen) atoms. The van der Waals surface area contributed by atoms with E-state index in [9.17, 15) is 24.5 Å². The van der Waals surface area contributed by atoms with Crippen LogP contribution in [-0.4, -0.2) is 46.7 Å². The average Bonchev–Trinajstić information content (AvgIpc) is 3.26. The lowest BCUT2D eigenvalue weighted by Crippen LogP contribution is -2.55. The highest BCUT2D eigenvalue weighted by molar-refractivity contribution is 6.66. The van der Waals surface area contributed by atoms with Crippen LogP contribution in [0.5, 0.6) is 0 Å². The molecule has 15 heteroatoms. The molecule has 0 unspecified atom stereocenters. The summed E-state index contributed by atoms with van der Waals surface area (Å²) in [5, 5.41) is 12.5. The van der Waals surface area contributed by atoms with Crippen molar-refractivity contribution in [2.24, 2.45) is 11.8 Å². The van der Waals surface area contributed by atoms with Gasteiger partial charge in [0.25, 0.3) is 23.4 Å². The first-order valence-electron chi connectivity index (χ1n) is 10.7. The summed E-state index contributed by atoms with van der Waals surface area (Å²) in [6.07, 6.45) is 0. The number of nitro groups is 1. The van der Waals surface area contributed by atoms with Crippen molar-refractivity contribution in [2.45, 2.75) is 20.6 Å². The summed E-state index contributed by atoms with van der Waals surface area (Å²) in [4.78, 5) is 47.7. The Kier molecular flexibility index (Phi) is 6.67. The summed E-state index contributed by atoms with van der Waals surface area (Å²) < 4.78 is -2.13. The van der Waals surface area contributed by atoms with Crippen LogP contribution in [0.4, 0.5) is 5.69 Å². The number of nitrogens with zero attached hydrogens (tertiary/aromatic N) is 3. The van der Waals surface area contributed by atoms with Gasteiger partial charge in [0.1, 0.15) is 9.75 Å². The Balaban J connectivity index is 1.60. The molecule has 1 aliphatic heterocycles. The molecule has 1 heterocycles. The van der Waals surface area contributed by atoms with Crippen LogP contribution in [0.3, 0.4) is 0 Å². The van der Waals surface area contributed by atoms with Gasteiger partial charge < -0.3 is 0 Å². The maximum atomic E-state index is 13.9. The Morgan fingerprint density at radius 2 is 1.34 bits per heavy atom. The Bertz CT molecular complexity index is 1400. The number of alkyl halides is 4. The molecule has 2 aromatic rings. The zero-order valence-corrected chi connectivity index (χ0v) is 23.8. The number of hydrogen-bond acceptors (Lipinski definition) is 5. The molecule has 0 radical (unpaired) electrons. The summed E-state index contributed by atoms with van der Waals surface area (Å²) >= 11 is 45.3. The minimum atomic E-state index is -2.13. The first-order valence-corrected chi connectivity index (χ1v) is 13.3. The first-order chi connectivity index (χ1) is 17.7. The maximum absolute atomic E-state index is 13.9. The van der Waals surface area contributed by atoms with Gasteiger partial charge in [0.2, 0.25) is 0 Å². The predicted octanol–water partition coefficient (Wildman–Crippen LogP) is 6.25. The van der Waals surface area contributed by atoms with E-state index >= 15 is 0 Å². The molecule has 1 saturated carbocycles. The van der Waals surface area contributed by atoms with Gasteiger partial charge in [-0.1, -0.05) is 70.1 Å². The largest absolute Gasteiger partial charge is 0.273 e. The molecule has 2 fully saturated rings. The molecule has 198 valence electrons. The number of halogens is 7. The third-order valence-electron chi connectivity index (χ3n) is 6.93. The highest BCUT2D eigenvalue weighted by Gasteiger charge is 2.88. The van der Waals surface area contributed by atoms with E-state index in [0.29, 0.717) is 15.6 Å². The first kappa shape index (κ1) is 27.8. The fourth-order valence-electron chi connectivity index (χ4n) is 5.09. The van der Waals surface area contributed by atoms with Crippen LogP contribution >= 0.6 is 81.2 Å². The Labute approximate surface area is 250 Å². The van der Waals surface area contributed by atoms with E-state index in [1.807, 2.05) is 0 Å². The second-order valence-corrected chi connectivity index (χ2v) is 12.6. The van der Waals surface area contributed by atoms with E-state index in [-0.39, 0.29) is 27.9 Å². The van der Waals surface area contributed by atoms with Gasteiger partial charge in [-0.3, -0.25) is 24.5 Å². The highest BCUT2D eigenvalue weighted by atomic mass is 35.5. The molecule has 2 bridgehead atoms. The van der Waals surface area contributed by atoms with E-state index < -0.39 is 48.6 Å². The second-order valence-electron chi connectivity index (χ2n) is 8.86. The number of imide groups is 1. The van der Waals surface area contributed by atoms with Crippen LogP contribution in [0.1, 0.15) is 15.9 Å². The molecule has 0 N–H and O–H groups in total. The number of carbonyl (C=O) groups is 3. The molecule has 2 aromatic carbocycles. The van der Waals surface area contributed by atoms with Gasteiger partial charge in [-0.15, -0.1) is 23.2 Å². The molecular weight excluding hydrogens is 646 g/mol. The minimum Gasteiger partial charge on any atom is -0.272 e. The van der Waals surface area contributed by atoms with Crippen molar-refractivity contribution >= 4 is 105 Å². The van der Waals surface area contributed by atoms with Gasteiger partial charge in [-0.2, -0.15) is 5.01 Å². The monoisotopic (exact) mass is 655 g/mol. The molecule has 3 amide bonds. The smallest absolute Gasteiger partial charge is 0.272 e. The number of hydrazine groups is 1. The number of fused-ring (bicyclic) bond motifs is 5. The molecule has 8 nitrogen and oxygen atoms in total. The normalized spacial score (nSPS) is 29.2. The van der Waals surface area contributed by atoms with Crippen LogP contribution in [0.25, 0.3) is 0 Å². The lowest BCUT2D eigenvalue weighted by molar-refractivity contribution is -0.384. The van der Waals surface area contributed by atoms with Gasteiger partial charge >= 0.3 is 0 Å². The topological polar surface area (TPSA) is 101 Å². The standard InChI is InChI=1S/C23H12Cl7N3O5/c24-12-5-1-10(2-6-12)9-31(18(34)11-3-7-13(8-4-11)33(37)38)32-19(35)14-15(20(32)36)22(28)17(26)16(25)21(14,27)23(22,29)30/h1-8,14-15H,9H2/t14-,15-,21-,22-/m1/s1. The van der Waals surface area contributed by atoms with Crippen LogP contribution in [-0.2, 0) is 16.1 Å². The predicted molar refractivity (Wildman–Crippen MR) is 144 cm³/mol.